The van der Waals surface area contributed by atoms with E-state index in [0.29, 0.717) is 31.9 Å². The van der Waals surface area contributed by atoms with Crippen molar-refractivity contribution in [1.82, 2.24) is 24.3 Å². The molecule has 4 rings (SSSR count). The number of hydrogen-bond donors (Lipinski definition) is 0. The Balaban J connectivity index is 1.59. The van der Waals surface area contributed by atoms with Crippen molar-refractivity contribution < 1.29 is 14.3 Å². The Kier molecular flexibility index (Phi) is 4.70. The Morgan fingerprint density at radius 1 is 1.46 bits per heavy atom. The first kappa shape index (κ1) is 17.8. The van der Waals surface area contributed by atoms with E-state index in [9.17, 15) is 9.59 Å². The summed E-state index contributed by atoms with van der Waals surface area (Å²) >= 11 is 1.18. The van der Waals surface area contributed by atoms with Crippen molar-refractivity contribution in [2.24, 2.45) is 11.3 Å². The molecule has 2 aliphatic heterocycles. The minimum absolute atomic E-state index is 0.000973. The lowest BCUT2D eigenvalue weighted by atomic mass is 9.82. The number of likely N-dealkylation sites (N-methyl/N-ethyl adjacent to an activating group) is 2. The Hall–Kier alpha value is -1.58. The molecule has 0 bridgehead atoms. The number of hydrogen-bond acceptors (Lipinski definition) is 7. The first-order valence-corrected chi connectivity index (χ1v) is 9.90. The second kappa shape index (κ2) is 6.86. The molecular formula is C17H25N5O3S. The predicted octanol–water partition coefficient (Wildman–Crippen LogP) is 0.179. The Bertz CT molecular complexity index is 680. The summed E-state index contributed by atoms with van der Waals surface area (Å²) in [6.45, 7) is 3.43. The average Bonchev–Trinajstić information content (AvgIpc) is 3.15. The van der Waals surface area contributed by atoms with Gasteiger partial charge in [0.05, 0.1) is 6.61 Å². The van der Waals surface area contributed by atoms with Crippen molar-refractivity contribution in [2.75, 3.05) is 53.5 Å². The molecule has 0 aromatic carbocycles. The van der Waals surface area contributed by atoms with Crippen LogP contribution in [0.3, 0.4) is 0 Å². The number of amides is 2. The van der Waals surface area contributed by atoms with Gasteiger partial charge in [0, 0.05) is 50.1 Å². The van der Waals surface area contributed by atoms with Gasteiger partial charge in [-0.2, -0.15) is 0 Å². The molecule has 0 unspecified atom stereocenters. The molecule has 1 aromatic rings. The van der Waals surface area contributed by atoms with Crippen LogP contribution in [-0.4, -0.2) is 95.6 Å². The minimum atomic E-state index is -0.274. The van der Waals surface area contributed by atoms with E-state index in [1.807, 2.05) is 11.9 Å². The van der Waals surface area contributed by atoms with Crippen LogP contribution in [0.4, 0.5) is 0 Å². The number of likely N-dealkylation sites (tertiary alicyclic amines) is 1. The normalized spacial score (nSPS) is 29.7. The van der Waals surface area contributed by atoms with E-state index in [1.165, 1.54) is 24.4 Å². The molecule has 2 amide bonds. The van der Waals surface area contributed by atoms with Crippen LogP contribution < -0.4 is 0 Å². The van der Waals surface area contributed by atoms with E-state index < -0.39 is 0 Å². The van der Waals surface area contributed by atoms with E-state index in [-0.39, 0.29) is 29.9 Å². The van der Waals surface area contributed by atoms with Gasteiger partial charge in [0.2, 0.25) is 5.91 Å². The molecule has 3 heterocycles. The number of nitrogens with zero attached hydrogens (tertiary/aromatic N) is 5. The maximum atomic E-state index is 12.9. The Morgan fingerprint density at radius 2 is 2.27 bits per heavy atom. The molecule has 3 fully saturated rings. The molecule has 3 aliphatic rings. The van der Waals surface area contributed by atoms with Crippen LogP contribution >= 0.6 is 11.5 Å². The highest BCUT2D eigenvalue weighted by Gasteiger charge is 2.52. The third kappa shape index (κ3) is 3.35. The summed E-state index contributed by atoms with van der Waals surface area (Å²) in [6, 6.07) is 0.159. The van der Waals surface area contributed by atoms with E-state index in [2.05, 4.69) is 21.5 Å². The Labute approximate surface area is 157 Å². The van der Waals surface area contributed by atoms with Crippen molar-refractivity contribution in [3.05, 3.63) is 11.1 Å². The lowest BCUT2D eigenvalue weighted by Gasteiger charge is -2.39. The molecule has 1 saturated carbocycles. The number of aromatic nitrogens is 2. The monoisotopic (exact) mass is 379 g/mol. The fraction of sp³-hybridized carbons (Fsp3) is 0.765. The molecule has 8 nitrogen and oxygen atoms in total. The van der Waals surface area contributed by atoms with Crippen LogP contribution in [0.25, 0.3) is 0 Å². The maximum absolute atomic E-state index is 12.9. The molecular weight excluding hydrogens is 354 g/mol. The van der Waals surface area contributed by atoms with Crippen molar-refractivity contribution in [3.8, 4) is 0 Å². The summed E-state index contributed by atoms with van der Waals surface area (Å²) in [7, 11) is 3.96. The standard InChI is InChI=1S/C17H25N5O3S/c1-20(5-12-3-4-12)14-6-22(16(24)13-8-26-19-18-13)10-17(14)9-21(2)15(23)7-25-11-17/h8,12,14H,3-7,9-11H2,1-2H3/t14-,17-/m1/s1. The predicted molar refractivity (Wildman–Crippen MR) is 95.8 cm³/mol. The lowest BCUT2D eigenvalue weighted by molar-refractivity contribution is -0.132. The van der Waals surface area contributed by atoms with Gasteiger partial charge in [0.15, 0.2) is 5.69 Å². The fourth-order valence-electron chi connectivity index (χ4n) is 4.32. The molecule has 0 N–H and O–H groups in total. The third-order valence-corrected chi connectivity index (χ3v) is 6.34. The molecule has 26 heavy (non-hydrogen) atoms. The van der Waals surface area contributed by atoms with Gasteiger partial charge in [-0.1, -0.05) is 4.49 Å². The van der Waals surface area contributed by atoms with Crippen LogP contribution in [0, 0.1) is 11.3 Å². The fourth-order valence-corrected chi connectivity index (χ4v) is 4.75. The summed E-state index contributed by atoms with van der Waals surface area (Å²) < 4.78 is 9.57. The molecule has 1 aromatic heterocycles. The van der Waals surface area contributed by atoms with Crippen LogP contribution in [-0.2, 0) is 9.53 Å². The highest BCUT2D eigenvalue weighted by molar-refractivity contribution is 7.03. The van der Waals surface area contributed by atoms with Crippen molar-refractivity contribution in [1.29, 1.82) is 0 Å². The lowest BCUT2D eigenvalue weighted by Crippen LogP contribution is -2.53. The van der Waals surface area contributed by atoms with Gasteiger partial charge < -0.3 is 19.4 Å². The van der Waals surface area contributed by atoms with Gasteiger partial charge >= 0.3 is 0 Å². The highest BCUT2D eigenvalue weighted by atomic mass is 32.1. The molecule has 2 saturated heterocycles. The van der Waals surface area contributed by atoms with E-state index >= 15 is 0 Å². The zero-order valence-electron chi connectivity index (χ0n) is 15.3. The van der Waals surface area contributed by atoms with Crippen LogP contribution in [0.1, 0.15) is 23.3 Å². The van der Waals surface area contributed by atoms with Gasteiger partial charge in [-0.05, 0) is 37.3 Å². The number of carbonyl (C=O) groups excluding carboxylic acids is 2. The second-order valence-electron chi connectivity index (χ2n) is 7.98. The van der Waals surface area contributed by atoms with Crippen LogP contribution in [0.2, 0.25) is 0 Å². The zero-order valence-corrected chi connectivity index (χ0v) is 16.1. The first-order valence-electron chi connectivity index (χ1n) is 9.07. The SMILES string of the molecule is CN1C[C@]2(COCC1=O)CN(C(=O)c1csnn1)C[C@H]2N(C)CC1CC1. The molecule has 0 radical (unpaired) electrons. The topological polar surface area (TPSA) is 78.9 Å². The minimum Gasteiger partial charge on any atom is -0.371 e. The average molecular weight is 379 g/mol. The highest BCUT2D eigenvalue weighted by Crippen LogP contribution is 2.39. The summed E-state index contributed by atoms with van der Waals surface area (Å²) in [6.07, 6.45) is 2.57. The maximum Gasteiger partial charge on any atom is 0.275 e. The second-order valence-corrected chi connectivity index (χ2v) is 8.59. The molecule has 1 spiro atoms. The van der Waals surface area contributed by atoms with Gasteiger partial charge in [-0.3, -0.25) is 9.59 Å². The van der Waals surface area contributed by atoms with Gasteiger partial charge in [-0.25, -0.2) is 0 Å². The van der Waals surface area contributed by atoms with E-state index in [4.69, 9.17) is 4.74 Å². The zero-order chi connectivity index (χ0) is 18.3. The third-order valence-electron chi connectivity index (χ3n) is 5.84. The summed E-state index contributed by atoms with van der Waals surface area (Å²) in [4.78, 5) is 31.0. The smallest absolute Gasteiger partial charge is 0.275 e. The first-order chi connectivity index (χ1) is 12.5. The molecule has 9 heteroatoms. The summed E-state index contributed by atoms with van der Waals surface area (Å²) in [5, 5.41) is 5.63. The molecule has 1 aliphatic carbocycles. The van der Waals surface area contributed by atoms with Gasteiger partial charge in [-0.15, -0.1) is 5.10 Å². The van der Waals surface area contributed by atoms with Crippen molar-refractivity contribution >= 4 is 23.3 Å². The van der Waals surface area contributed by atoms with Gasteiger partial charge in [0.1, 0.15) is 6.61 Å². The van der Waals surface area contributed by atoms with E-state index in [0.717, 1.165) is 12.5 Å². The number of rotatable bonds is 4. The van der Waals surface area contributed by atoms with Crippen LogP contribution in [0.5, 0.6) is 0 Å². The largest absolute Gasteiger partial charge is 0.371 e. The molecule has 142 valence electrons. The quantitative estimate of drug-likeness (QED) is 0.743. The van der Waals surface area contributed by atoms with Crippen molar-refractivity contribution in [3.63, 3.8) is 0 Å². The Morgan fingerprint density at radius 3 is 2.96 bits per heavy atom. The number of ether oxygens (including phenoxy) is 1. The molecule has 2 atom stereocenters. The van der Waals surface area contributed by atoms with Gasteiger partial charge in [0.25, 0.3) is 5.91 Å². The van der Waals surface area contributed by atoms with Crippen molar-refractivity contribution in [2.45, 2.75) is 18.9 Å². The van der Waals surface area contributed by atoms with Crippen LogP contribution in [0.15, 0.2) is 5.38 Å². The summed E-state index contributed by atoms with van der Waals surface area (Å²) in [5.41, 5.74) is 0.124. The number of carbonyl (C=O) groups is 2. The van der Waals surface area contributed by atoms with E-state index in [1.54, 1.807) is 10.3 Å². The summed E-state index contributed by atoms with van der Waals surface area (Å²) in [5.74, 6) is 0.674.